The number of hydrogen-bond acceptors (Lipinski definition) is 4. The van der Waals surface area contributed by atoms with E-state index in [2.05, 4.69) is 29.3 Å². The lowest BCUT2D eigenvalue weighted by Crippen LogP contribution is -2.35. The van der Waals surface area contributed by atoms with Gasteiger partial charge in [0, 0.05) is 47.9 Å². The van der Waals surface area contributed by atoms with Gasteiger partial charge in [0.25, 0.3) is 11.8 Å². The van der Waals surface area contributed by atoms with Crippen molar-refractivity contribution in [1.82, 2.24) is 5.32 Å². The number of benzene rings is 3. The number of halogens is 1. The molecule has 0 saturated heterocycles. The van der Waals surface area contributed by atoms with Crippen LogP contribution in [-0.2, 0) is 4.79 Å². The van der Waals surface area contributed by atoms with Gasteiger partial charge in [0.15, 0.2) is 0 Å². The SMILES string of the molecule is CCN(CCNC(=O)c1ccc2c(c1)N(C)C(=O)C(=Cc1ccccc1Cl)S2)c1ccccc1. The highest BCUT2D eigenvalue weighted by Gasteiger charge is 2.27. The molecule has 0 radical (unpaired) electrons. The second-order valence-electron chi connectivity index (χ2n) is 7.85. The van der Waals surface area contributed by atoms with Gasteiger partial charge in [-0.1, -0.05) is 59.8 Å². The number of para-hydroxylation sites is 1. The fourth-order valence-electron chi connectivity index (χ4n) is 3.78. The highest BCUT2D eigenvalue weighted by atomic mass is 35.5. The molecule has 1 aliphatic rings. The summed E-state index contributed by atoms with van der Waals surface area (Å²) in [5.74, 6) is -0.286. The number of nitrogens with zero attached hydrogens (tertiary/aromatic N) is 2. The van der Waals surface area contributed by atoms with Crippen LogP contribution in [0, 0.1) is 0 Å². The molecule has 3 aromatic rings. The van der Waals surface area contributed by atoms with Crippen LogP contribution in [0.1, 0.15) is 22.8 Å². The zero-order valence-electron chi connectivity index (χ0n) is 19.1. The number of likely N-dealkylation sites (N-methyl/N-ethyl adjacent to an activating group) is 2. The Morgan fingerprint density at radius 2 is 1.82 bits per heavy atom. The number of nitrogens with one attached hydrogen (secondary N) is 1. The Labute approximate surface area is 209 Å². The maximum absolute atomic E-state index is 13.0. The summed E-state index contributed by atoms with van der Waals surface area (Å²) in [6.45, 7) is 4.18. The number of thioether (sulfide) groups is 1. The second-order valence-corrected chi connectivity index (χ2v) is 9.34. The van der Waals surface area contributed by atoms with Gasteiger partial charge in [0.05, 0.1) is 10.6 Å². The minimum Gasteiger partial charge on any atom is -0.370 e. The highest BCUT2D eigenvalue weighted by molar-refractivity contribution is 8.04. The van der Waals surface area contributed by atoms with Gasteiger partial charge in [-0.15, -0.1) is 0 Å². The van der Waals surface area contributed by atoms with E-state index in [9.17, 15) is 9.59 Å². The summed E-state index contributed by atoms with van der Waals surface area (Å²) in [6.07, 6.45) is 1.81. The standard InChI is InChI=1S/C27H26ClN3O2S/c1-3-31(21-10-5-4-6-11-21)16-15-29-26(32)20-13-14-24-23(17-20)30(2)27(33)25(34-24)18-19-9-7-8-12-22(19)28/h4-14,17-18H,3,15-16H2,1-2H3,(H,29,32). The molecule has 1 heterocycles. The third-order valence-corrected chi connectivity index (χ3v) is 7.10. The van der Waals surface area contributed by atoms with Crippen molar-refractivity contribution in [3.8, 4) is 0 Å². The average Bonchev–Trinajstić information content (AvgIpc) is 2.86. The Hall–Kier alpha value is -3.22. The fourth-order valence-corrected chi connectivity index (χ4v) is 5.06. The maximum atomic E-state index is 13.0. The van der Waals surface area contributed by atoms with Crippen molar-refractivity contribution in [3.63, 3.8) is 0 Å². The molecule has 0 aliphatic carbocycles. The van der Waals surface area contributed by atoms with Crippen LogP contribution in [0.5, 0.6) is 0 Å². The third kappa shape index (κ3) is 5.29. The lowest BCUT2D eigenvalue weighted by molar-refractivity contribution is -0.114. The molecule has 0 bridgehead atoms. The molecule has 3 aromatic carbocycles. The molecule has 1 aliphatic heterocycles. The average molecular weight is 492 g/mol. The summed E-state index contributed by atoms with van der Waals surface area (Å²) >= 11 is 7.65. The van der Waals surface area contributed by atoms with E-state index < -0.39 is 0 Å². The lowest BCUT2D eigenvalue weighted by Gasteiger charge is -2.27. The number of anilines is 2. The van der Waals surface area contributed by atoms with Crippen LogP contribution in [-0.4, -0.2) is 38.5 Å². The molecule has 0 unspecified atom stereocenters. The molecule has 7 heteroatoms. The fraction of sp³-hybridized carbons (Fsp3) is 0.185. The predicted octanol–water partition coefficient (Wildman–Crippen LogP) is 5.71. The van der Waals surface area contributed by atoms with Crippen molar-refractivity contribution in [2.75, 3.05) is 36.5 Å². The number of carbonyl (C=O) groups excluding carboxylic acids is 2. The number of fused-ring (bicyclic) bond motifs is 1. The molecular weight excluding hydrogens is 466 g/mol. The lowest BCUT2D eigenvalue weighted by atomic mass is 10.1. The molecule has 0 spiro atoms. The first-order valence-electron chi connectivity index (χ1n) is 11.1. The van der Waals surface area contributed by atoms with Gasteiger partial charge in [-0.05, 0) is 55.0 Å². The van der Waals surface area contributed by atoms with E-state index in [1.807, 2.05) is 48.5 Å². The zero-order valence-corrected chi connectivity index (χ0v) is 20.7. The van der Waals surface area contributed by atoms with Crippen molar-refractivity contribution < 1.29 is 9.59 Å². The van der Waals surface area contributed by atoms with Crippen LogP contribution in [0.3, 0.4) is 0 Å². The Kier molecular flexibility index (Phi) is 7.60. The minimum atomic E-state index is -0.157. The zero-order chi connectivity index (χ0) is 24.1. The Bertz CT molecular complexity index is 1230. The largest absolute Gasteiger partial charge is 0.370 e. The molecule has 174 valence electrons. The van der Waals surface area contributed by atoms with Gasteiger partial charge < -0.3 is 15.1 Å². The van der Waals surface area contributed by atoms with E-state index in [0.29, 0.717) is 28.6 Å². The van der Waals surface area contributed by atoms with Crippen LogP contribution < -0.4 is 15.1 Å². The molecule has 2 amide bonds. The van der Waals surface area contributed by atoms with Gasteiger partial charge >= 0.3 is 0 Å². The molecule has 0 fully saturated rings. The van der Waals surface area contributed by atoms with Gasteiger partial charge in [0.1, 0.15) is 0 Å². The highest BCUT2D eigenvalue weighted by Crippen LogP contribution is 2.42. The van der Waals surface area contributed by atoms with E-state index in [1.54, 1.807) is 30.1 Å². The van der Waals surface area contributed by atoms with Gasteiger partial charge in [-0.2, -0.15) is 0 Å². The summed E-state index contributed by atoms with van der Waals surface area (Å²) in [6, 6.07) is 23.0. The van der Waals surface area contributed by atoms with Crippen LogP contribution in [0.15, 0.2) is 82.6 Å². The summed E-state index contributed by atoms with van der Waals surface area (Å²) in [4.78, 5) is 31.1. The van der Waals surface area contributed by atoms with Crippen LogP contribution in [0.25, 0.3) is 6.08 Å². The molecule has 0 saturated carbocycles. The summed E-state index contributed by atoms with van der Waals surface area (Å²) in [7, 11) is 1.72. The van der Waals surface area contributed by atoms with E-state index in [0.717, 1.165) is 28.4 Å². The Balaban J connectivity index is 1.45. The summed E-state index contributed by atoms with van der Waals surface area (Å²) in [5.41, 5.74) is 3.18. The van der Waals surface area contributed by atoms with E-state index >= 15 is 0 Å². The summed E-state index contributed by atoms with van der Waals surface area (Å²) < 4.78 is 0. The molecule has 5 nitrogen and oxygen atoms in total. The summed E-state index contributed by atoms with van der Waals surface area (Å²) in [5, 5.41) is 3.59. The Morgan fingerprint density at radius 3 is 2.56 bits per heavy atom. The molecule has 4 rings (SSSR count). The van der Waals surface area contributed by atoms with E-state index in [1.165, 1.54) is 11.8 Å². The van der Waals surface area contributed by atoms with Crippen molar-refractivity contribution >= 4 is 52.6 Å². The predicted molar refractivity (Wildman–Crippen MR) is 142 cm³/mol. The second kappa shape index (κ2) is 10.8. The first kappa shape index (κ1) is 23.9. The number of hydrogen-bond donors (Lipinski definition) is 1. The van der Waals surface area contributed by atoms with Crippen LogP contribution in [0.4, 0.5) is 11.4 Å². The molecular formula is C27H26ClN3O2S. The third-order valence-electron chi connectivity index (χ3n) is 5.68. The number of rotatable bonds is 7. The van der Waals surface area contributed by atoms with Crippen molar-refractivity contribution in [3.05, 3.63) is 93.9 Å². The smallest absolute Gasteiger partial charge is 0.264 e. The maximum Gasteiger partial charge on any atom is 0.264 e. The van der Waals surface area contributed by atoms with Gasteiger partial charge in [-0.3, -0.25) is 9.59 Å². The van der Waals surface area contributed by atoms with Crippen molar-refractivity contribution in [2.45, 2.75) is 11.8 Å². The van der Waals surface area contributed by atoms with E-state index in [4.69, 9.17) is 11.6 Å². The van der Waals surface area contributed by atoms with E-state index in [-0.39, 0.29) is 11.8 Å². The normalized spacial score (nSPS) is 14.1. The van der Waals surface area contributed by atoms with Crippen molar-refractivity contribution in [2.24, 2.45) is 0 Å². The molecule has 1 N–H and O–H groups in total. The number of carbonyl (C=O) groups is 2. The van der Waals surface area contributed by atoms with Gasteiger partial charge in [0.2, 0.25) is 0 Å². The first-order valence-corrected chi connectivity index (χ1v) is 12.3. The Morgan fingerprint density at radius 1 is 1.09 bits per heavy atom. The van der Waals surface area contributed by atoms with Crippen LogP contribution >= 0.6 is 23.4 Å². The first-order chi connectivity index (χ1) is 16.5. The minimum absolute atomic E-state index is 0.128. The van der Waals surface area contributed by atoms with Crippen LogP contribution in [0.2, 0.25) is 5.02 Å². The monoisotopic (exact) mass is 491 g/mol. The quantitative estimate of drug-likeness (QED) is 0.430. The molecule has 34 heavy (non-hydrogen) atoms. The topological polar surface area (TPSA) is 52.7 Å². The molecule has 0 aromatic heterocycles. The molecule has 0 atom stereocenters. The number of amides is 2. The van der Waals surface area contributed by atoms with Crippen molar-refractivity contribution in [1.29, 1.82) is 0 Å². The van der Waals surface area contributed by atoms with Gasteiger partial charge in [-0.25, -0.2) is 0 Å².